The summed E-state index contributed by atoms with van der Waals surface area (Å²) in [5, 5.41) is 0. The smallest absolute Gasteiger partial charge is 0.325 e. The fourth-order valence-electron chi connectivity index (χ4n) is 2.46. The zero-order chi connectivity index (χ0) is 13.8. The minimum Gasteiger partial charge on any atom is -0.468 e. The van der Waals surface area contributed by atoms with E-state index < -0.39 is 0 Å². The molecule has 0 N–H and O–H groups in total. The normalized spacial score (nSPS) is 14.1. The second-order valence-corrected chi connectivity index (χ2v) is 5.13. The first kappa shape index (κ1) is 13.8. The number of fused-ring (bicyclic) bond motifs is 1. The quantitative estimate of drug-likeness (QED) is 0.775. The van der Waals surface area contributed by atoms with Crippen LogP contribution in [0.1, 0.15) is 37.9 Å². The van der Waals surface area contributed by atoms with Crippen molar-refractivity contribution in [2.75, 3.05) is 18.6 Å². The highest BCUT2D eigenvalue weighted by Crippen LogP contribution is 2.28. The largest absolute Gasteiger partial charge is 0.468 e. The maximum atomic E-state index is 11.6. The van der Waals surface area contributed by atoms with Crippen LogP contribution in [-0.4, -0.2) is 35.6 Å². The number of aryl methyl sites for hydroxylation is 1. The topological polar surface area (TPSA) is 55.3 Å². The molecule has 1 aliphatic carbocycles. The number of carbonyl (C=O) groups excluding carboxylic acids is 1. The molecule has 19 heavy (non-hydrogen) atoms. The van der Waals surface area contributed by atoms with Gasteiger partial charge in [0, 0.05) is 17.3 Å². The van der Waals surface area contributed by atoms with E-state index in [1.165, 1.54) is 19.1 Å². The first-order valence-electron chi connectivity index (χ1n) is 6.79. The van der Waals surface area contributed by atoms with Crippen LogP contribution >= 0.6 is 0 Å². The highest BCUT2D eigenvalue weighted by molar-refractivity contribution is 5.75. The third kappa shape index (κ3) is 3.03. The predicted molar refractivity (Wildman–Crippen MR) is 73.2 cm³/mol. The molecule has 0 unspecified atom stereocenters. The van der Waals surface area contributed by atoms with Crippen LogP contribution in [0.4, 0.5) is 5.82 Å². The summed E-state index contributed by atoms with van der Waals surface area (Å²) < 4.78 is 4.77. The third-order valence-corrected chi connectivity index (χ3v) is 3.52. The number of ether oxygens (including phenoxy) is 1. The average molecular weight is 263 g/mol. The molecule has 104 valence electrons. The van der Waals surface area contributed by atoms with E-state index in [9.17, 15) is 4.79 Å². The molecule has 0 aliphatic heterocycles. The van der Waals surface area contributed by atoms with Crippen molar-refractivity contribution >= 4 is 11.8 Å². The van der Waals surface area contributed by atoms with Crippen molar-refractivity contribution in [3.63, 3.8) is 0 Å². The zero-order valence-corrected chi connectivity index (χ0v) is 11.8. The summed E-state index contributed by atoms with van der Waals surface area (Å²) >= 11 is 0. The molecule has 1 aromatic heterocycles. The van der Waals surface area contributed by atoms with E-state index in [0.29, 0.717) is 0 Å². The van der Waals surface area contributed by atoms with E-state index in [-0.39, 0.29) is 18.6 Å². The molecule has 5 nitrogen and oxygen atoms in total. The SMILES string of the molecule is COC(=O)CN(c1ncnc2c1CCCC2)C(C)C. The van der Waals surface area contributed by atoms with Gasteiger partial charge in [0.05, 0.1) is 7.11 Å². The Morgan fingerprint density at radius 1 is 1.37 bits per heavy atom. The monoisotopic (exact) mass is 263 g/mol. The summed E-state index contributed by atoms with van der Waals surface area (Å²) in [5.41, 5.74) is 2.33. The Kier molecular flexibility index (Phi) is 4.35. The van der Waals surface area contributed by atoms with Crippen LogP contribution in [-0.2, 0) is 22.4 Å². The van der Waals surface area contributed by atoms with Crippen LogP contribution < -0.4 is 4.90 Å². The third-order valence-electron chi connectivity index (χ3n) is 3.52. The molecule has 0 aromatic carbocycles. The lowest BCUT2D eigenvalue weighted by Crippen LogP contribution is -2.38. The molecular formula is C14H21N3O2. The lowest BCUT2D eigenvalue weighted by atomic mass is 9.96. The van der Waals surface area contributed by atoms with E-state index in [2.05, 4.69) is 23.8 Å². The standard InChI is InChI=1S/C14H21N3O2/c1-10(2)17(8-13(18)19-3)14-11-6-4-5-7-12(11)15-9-16-14/h9-10H,4-8H2,1-3H3. The molecule has 1 aliphatic rings. The number of esters is 1. The van der Waals surface area contributed by atoms with Gasteiger partial charge in [-0.2, -0.15) is 0 Å². The van der Waals surface area contributed by atoms with Crippen molar-refractivity contribution < 1.29 is 9.53 Å². The Labute approximate surface area is 114 Å². The molecule has 5 heteroatoms. The Balaban J connectivity index is 2.33. The summed E-state index contributed by atoms with van der Waals surface area (Å²) in [7, 11) is 1.41. The van der Waals surface area contributed by atoms with Gasteiger partial charge in [0.15, 0.2) is 0 Å². The van der Waals surface area contributed by atoms with E-state index in [1.807, 2.05) is 4.90 Å². The highest BCUT2D eigenvalue weighted by atomic mass is 16.5. The number of hydrogen-bond acceptors (Lipinski definition) is 5. The molecular weight excluding hydrogens is 242 g/mol. The van der Waals surface area contributed by atoms with Crippen molar-refractivity contribution in [3.05, 3.63) is 17.6 Å². The van der Waals surface area contributed by atoms with Gasteiger partial charge in [-0.3, -0.25) is 4.79 Å². The summed E-state index contributed by atoms with van der Waals surface area (Å²) in [6, 6.07) is 0.194. The molecule has 2 rings (SSSR count). The maximum absolute atomic E-state index is 11.6. The van der Waals surface area contributed by atoms with Crippen LogP contribution in [0.2, 0.25) is 0 Å². The van der Waals surface area contributed by atoms with Crippen molar-refractivity contribution in [3.8, 4) is 0 Å². The summed E-state index contributed by atoms with van der Waals surface area (Å²) in [4.78, 5) is 22.3. The van der Waals surface area contributed by atoms with Crippen LogP contribution in [0.25, 0.3) is 0 Å². The molecule has 0 amide bonds. The van der Waals surface area contributed by atoms with Crippen LogP contribution in [0, 0.1) is 0 Å². The number of methoxy groups -OCH3 is 1. The summed E-state index contributed by atoms with van der Waals surface area (Å²) in [5.74, 6) is 0.655. The van der Waals surface area contributed by atoms with Gasteiger partial charge in [-0.05, 0) is 39.5 Å². The molecule has 1 heterocycles. The number of hydrogen-bond donors (Lipinski definition) is 0. The lowest BCUT2D eigenvalue weighted by Gasteiger charge is -2.30. The minimum absolute atomic E-state index is 0.194. The zero-order valence-electron chi connectivity index (χ0n) is 11.8. The molecule has 0 saturated heterocycles. The minimum atomic E-state index is -0.239. The van der Waals surface area contributed by atoms with Crippen LogP contribution in [0.5, 0.6) is 0 Å². The average Bonchev–Trinajstić information content (AvgIpc) is 2.43. The van der Waals surface area contributed by atoms with Gasteiger partial charge in [0.25, 0.3) is 0 Å². The molecule has 0 radical (unpaired) electrons. The second-order valence-electron chi connectivity index (χ2n) is 5.13. The fourth-order valence-corrected chi connectivity index (χ4v) is 2.46. The molecule has 0 saturated carbocycles. The van der Waals surface area contributed by atoms with Gasteiger partial charge >= 0.3 is 5.97 Å². The first-order chi connectivity index (χ1) is 9.13. The van der Waals surface area contributed by atoms with Crippen molar-refractivity contribution in [2.45, 2.75) is 45.6 Å². The molecule has 0 fully saturated rings. The fraction of sp³-hybridized carbons (Fsp3) is 0.643. The lowest BCUT2D eigenvalue weighted by molar-refractivity contribution is -0.139. The second kappa shape index (κ2) is 5.99. The molecule has 0 bridgehead atoms. The Hall–Kier alpha value is -1.65. The van der Waals surface area contributed by atoms with E-state index in [4.69, 9.17) is 4.74 Å². The van der Waals surface area contributed by atoms with E-state index in [0.717, 1.165) is 30.8 Å². The van der Waals surface area contributed by atoms with Crippen molar-refractivity contribution in [2.24, 2.45) is 0 Å². The molecule has 0 atom stereocenters. The number of nitrogens with zero attached hydrogens (tertiary/aromatic N) is 3. The highest BCUT2D eigenvalue weighted by Gasteiger charge is 2.23. The number of carbonyl (C=O) groups is 1. The first-order valence-corrected chi connectivity index (χ1v) is 6.79. The van der Waals surface area contributed by atoms with E-state index in [1.54, 1.807) is 6.33 Å². The van der Waals surface area contributed by atoms with Gasteiger partial charge in [0.1, 0.15) is 18.7 Å². The number of aromatic nitrogens is 2. The van der Waals surface area contributed by atoms with Crippen molar-refractivity contribution in [1.29, 1.82) is 0 Å². The Morgan fingerprint density at radius 3 is 2.79 bits per heavy atom. The van der Waals surface area contributed by atoms with Crippen LogP contribution in [0.15, 0.2) is 6.33 Å². The number of anilines is 1. The summed E-state index contributed by atoms with van der Waals surface area (Å²) in [6.07, 6.45) is 5.96. The summed E-state index contributed by atoms with van der Waals surface area (Å²) in [6.45, 7) is 4.35. The van der Waals surface area contributed by atoms with Gasteiger partial charge < -0.3 is 9.64 Å². The van der Waals surface area contributed by atoms with Gasteiger partial charge in [-0.25, -0.2) is 9.97 Å². The van der Waals surface area contributed by atoms with Crippen LogP contribution in [0.3, 0.4) is 0 Å². The van der Waals surface area contributed by atoms with Gasteiger partial charge in [-0.1, -0.05) is 0 Å². The number of rotatable bonds is 4. The Morgan fingerprint density at radius 2 is 2.11 bits per heavy atom. The van der Waals surface area contributed by atoms with Gasteiger partial charge in [0.2, 0.25) is 0 Å². The maximum Gasteiger partial charge on any atom is 0.325 e. The predicted octanol–water partition coefficient (Wildman–Crippen LogP) is 1.74. The molecule has 1 aromatic rings. The molecule has 0 spiro atoms. The van der Waals surface area contributed by atoms with Gasteiger partial charge in [-0.15, -0.1) is 0 Å². The van der Waals surface area contributed by atoms with E-state index >= 15 is 0 Å². The van der Waals surface area contributed by atoms with Crippen molar-refractivity contribution in [1.82, 2.24) is 9.97 Å². The Bertz CT molecular complexity index is 460.